The molecule has 19 heavy (non-hydrogen) atoms. The second-order valence-corrected chi connectivity index (χ2v) is 5.07. The Morgan fingerprint density at radius 1 is 1.47 bits per heavy atom. The second-order valence-electron chi connectivity index (χ2n) is 4.63. The third kappa shape index (κ3) is 5.78. The molecule has 0 heterocycles. The van der Waals surface area contributed by atoms with Crippen LogP contribution in [-0.2, 0) is 4.79 Å². The monoisotopic (exact) mass is 279 g/mol. The fourth-order valence-corrected chi connectivity index (χ4v) is 1.67. The van der Waals surface area contributed by atoms with E-state index in [1.807, 2.05) is 0 Å². The van der Waals surface area contributed by atoms with Crippen molar-refractivity contribution in [3.8, 4) is 11.8 Å². The lowest BCUT2D eigenvalue weighted by Crippen LogP contribution is -2.13. The molecule has 1 amide bonds. The van der Waals surface area contributed by atoms with Gasteiger partial charge in [-0.3, -0.25) is 4.79 Å². The number of amides is 1. The van der Waals surface area contributed by atoms with Crippen LogP contribution in [-0.4, -0.2) is 17.6 Å². The molecule has 0 unspecified atom stereocenters. The maximum Gasteiger partial charge on any atom is 0.224 e. The first-order chi connectivity index (χ1) is 9.02. The van der Waals surface area contributed by atoms with Crippen LogP contribution in [0.3, 0.4) is 0 Å². The molecule has 1 rings (SSSR count). The van der Waals surface area contributed by atoms with Gasteiger partial charge in [-0.1, -0.05) is 37.3 Å². The molecule has 0 aromatic heterocycles. The fourth-order valence-electron chi connectivity index (χ4n) is 1.50. The molecule has 0 saturated carbocycles. The number of rotatable bonds is 4. The van der Waals surface area contributed by atoms with Gasteiger partial charge in [-0.25, -0.2) is 0 Å². The zero-order valence-corrected chi connectivity index (χ0v) is 11.9. The van der Waals surface area contributed by atoms with Crippen molar-refractivity contribution in [1.82, 2.24) is 0 Å². The van der Waals surface area contributed by atoms with Gasteiger partial charge < -0.3 is 10.4 Å². The van der Waals surface area contributed by atoms with Crippen LogP contribution in [0.15, 0.2) is 18.2 Å². The molecule has 0 radical (unpaired) electrons. The number of carbonyl (C=O) groups is 1. The maximum atomic E-state index is 11.8. The van der Waals surface area contributed by atoms with E-state index in [-0.39, 0.29) is 12.5 Å². The van der Waals surface area contributed by atoms with Crippen LogP contribution in [0.4, 0.5) is 5.69 Å². The first-order valence-corrected chi connectivity index (χ1v) is 6.60. The van der Waals surface area contributed by atoms with Crippen LogP contribution in [0.1, 0.15) is 32.3 Å². The Bertz CT molecular complexity index is 501. The van der Waals surface area contributed by atoms with Gasteiger partial charge in [0.05, 0.1) is 5.69 Å². The lowest BCUT2D eigenvalue weighted by Gasteiger charge is -2.09. The summed E-state index contributed by atoms with van der Waals surface area (Å²) in [5.41, 5.74) is 1.23. The van der Waals surface area contributed by atoms with E-state index in [1.165, 1.54) is 0 Å². The van der Waals surface area contributed by atoms with Gasteiger partial charge in [-0.05, 0) is 30.5 Å². The zero-order valence-electron chi connectivity index (χ0n) is 11.2. The fraction of sp³-hybridized carbons (Fsp3) is 0.400. The number of aliphatic hydroxyl groups is 1. The van der Waals surface area contributed by atoms with E-state index in [4.69, 9.17) is 16.7 Å². The molecular formula is C15H18ClNO2. The largest absolute Gasteiger partial charge is 0.384 e. The van der Waals surface area contributed by atoms with Crippen molar-refractivity contribution >= 4 is 23.2 Å². The van der Waals surface area contributed by atoms with E-state index >= 15 is 0 Å². The maximum absolute atomic E-state index is 11.8. The van der Waals surface area contributed by atoms with Crippen molar-refractivity contribution in [2.45, 2.75) is 26.7 Å². The number of anilines is 1. The topological polar surface area (TPSA) is 49.3 Å². The van der Waals surface area contributed by atoms with E-state index in [1.54, 1.807) is 18.2 Å². The quantitative estimate of drug-likeness (QED) is 0.832. The Labute approximate surface area is 119 Å². The molecule has 102 valence electrons. The van der Waals surface area contributed by atoms with Gasteiger partial charge in [0.25, 0.3) is 0 Å². The van der Waals surface area contributed by atoms with Gasteiger partial charge in [0.1, 0.15) is 6.61 Å². The van der Waals surface area contributed by atoms with E-state index in [9.17, 15) is 4.79 Å². The number of carbonyl (C=O) groups excluding carboxylic acids is 1. The summed E-state index contributed by atoms with van der Waals surface area (Å²) < 4.78 is 0. The average Bonchev–Trinajstić information content (AvgIpc) is 2.35. The molecule has 2 N–H and O–H groups in total. The predicted molar refractivity (Wildman–Crippen MR) is 78.1 cm³/mol. The average molecular weight is 280 g/mol. The van der Waals surface area contributed by atoms with Gasteiger partial charge in [-0.15, -0.1) is 0 Å². The number of hydrogen-bond acceptors (Lipinski definition) is 2. The lowest BCUT2D eigenvalue weighted by molar-refractivity contribution is -0.116. The van der Waals surface area contributed by atoms with Crippen molar-refractivity contribution in [2.75, 3.05) is 11.9 Å². The Hall–Kier alpha value is -1.50. The molecule has 0 saturated heterocycles. The number of benzene rings is 1. The van der Waals surface area contributed by atoms with E-state index < -0.39 is 0 Å². The molecule has 0 atom stereocenters. The van der Waals surface area contributed by atoms with Crippen LogP contribution < -0.4 is 5.32 Å². The molecule has 0 bridgehead atoms. The Morgan fingerprint density at radius 2 is 2.21 bits per heavy atom. The summed E-state index contributed by atoms with van der Waals surface area (Å²) in [5.74, 6) is 5.78. The molecule has 0 spiro atoms. The smallest absolute Gasteiger partial charge is 0.224 e. The highest BCUT2D eigenvalue weighted by atomic mass is 35.5. The minimum Gasteiger partial charge on any atom is -0.384 e. The normalized spacial score (nSPS) is 9.95. The van der Waals surface area contributed by atoms with E-state index in [0.29, 0.717) is 28.6 Å². The van der Waals surface area contributed by atoms with Crippen LogP contribution >= 0.6 is 11.6 Å². The van der Waals surface area contributed by atoms with Crippen molar-refractivity contribution in [3.63, 3.8) is 0 Å². The third-order valence-electron chi connectivity index (χ3n) is 2.51. The minimum absolute atomic E-state index is 0.0528. The summed E-state index contributed by atoms with van der Waals surface area (Å²) in [7, 11) is 0. The van der Waals surface area contributed by atoms with Crippen molar-refractivity contribution in [2.24, 2.45) is 5.92 Å². The minimum atomic E-state index is -0.219. The standard InChI is InChI=1S/C15H18ClNO2/c1-11(2)5-8-15(19)17-14-10-13(16)7-6-12(14)4-3-9-18/h6-7,10-11,18H,5,8-9H2,1-2H3,(H,17,19). The van der Waals surface area contributed by atoms with Crippen LogP contribution in [0.25, 0.3) is 0 Å². The number of hydrogen-bond donors (Lipinski definition) is 2. The van der Waals surface area contributed by atoms with Gasteiger partial charge in [0.15, 0.2) is 0 Å². The highest BCUT2D eigenvalue weighted by molar-refractivity contribution is 6.31. The SMILES string of the molecule is CC(C)CCC(=O)Nc1cc(Cl)ccc1C#CCO. The summed E-state index contributed by atoms with van der Waals surface area (Å²) in [5, 5.41) is 12.1. The summed E-state index contributed by atoms with van der Waals surface area (Å²) in [6.07, 6.45) is 1.31. The molecule has 0 aliphatic carbocycles. The summed E-state index contributed by atoms with van der Waals surface area (Å²) in [6, 6.07) is 5.09. The van der Waals surface area contributed by atoms with E-state index in [2.05, 4.69) is 31.0 Å². The summed E-state index contributed by atoms with van der Waals surface area (Å²) in [4.78, 5) is 11.8. The highest BCUT2D eigenvalue weighted by Gasteiger charge is 2.07. The molecule has 4 heteroatoms. The van der Waals surface area contributed by atoms with Gasteiger partial charge in [0, 0.05) is 17.0 Å². The second kappa shape index (κ2) is 7.83. The van der Waals surface area contributed by atoms with Crippen LogP contribution in [0, 0.1) is 17.8 Å². The third-order valence-corrected chi connectivity index (χ3v) is 2.74. The Kier molecular flexibility index (Phi) is 6.41. The zero-order chi connectivity index (χ0) is 14.3. The molecular weight excluding hydrogens is 262 g/mol. The number of nitrogens with one attached hydrogen (secondary N) is 1. The van der Waals surface area contributed by atoms with Crippen molar-refractivity contribution < 1.29 is 9.90 Å². The summed E-state index contributed by atoms with van der Waals surface area (Å²) in [6.45, 7) is 3.93. The first-order valence-electron chi connectivity index (χ1n) is 6.22. The van der Waals surface area contributed by atoms with Crippen molar-refractivity contribution in [1.29, 1.82) is 0 Å². The first kappa shape index (κ1) is 15.6. The molecule has 3 nitrogen and oxygen atoms in total. The van der Waals surface area contributed by atoms with Gasteiger partial charge >= 0.3 is 0 Å². The van der Waals surface area contributed by atoms with Gasteiger partial charge in [-0.2, -0.15) is 0 Å². The lowest BCUT2D eigenvalue weighted by atomic mass is 10.1. The molecule has 0 fully saturated rings. The Morgan fingerprint density at radius 3 is 2.84 bits per heavy atom. The Balaban J connectivity index is 2.80. The van der Waals surface area contributed by atoms with Gasteiger partial charge in [0.2, 0.25) is 5.91 Å². The van der Waals surface area contributed by atoms with Crippen LogP contribution in [0.2, 0.25) is 5.02 Å². The molecule has 1 aromatic rings. The molecule has 0 aliphatic rings. The number of aliphatic hydroxyl groups excluding tert-OH is 1. The van der Waals surface area contributed by atoms with Crippen LogP contribution in [0.5, 0.6) is 0 Å². The highest BCUT2D eigenvalue weighted by Crippen LogP contribution is 2.21. The summed E-state index contributed by atoms with van der Waals surface area (Å²) >= 11 is 5.91. The van der Waals surface area contributed by atoms with E-state index in [0.717, 1.165) is 6.42 Å². The molecule has 0 aliphatic heterocycles. The predicted octanol–water partition coefficient (Wildman–Crippen LogP) is 3.06. The number of halogens is 1. The molecule has 1 aromatic carbocycles. The van der Waals surface area contributed by atoms with Crippen molar-refractivity contribution in [3.05, 3.63) is 28.8 Å².